The van der Waals surface area contributed by atoms with Crippen molar-refractivity contribution < 1.29 is 17.9 Å². The van der Waals surface area contributed by atoms with Gasteiger partial charge in [-0.2, -0.15) is 0 Å². The first-order valence-electron chi connectivity index (χ1n) is 9.43. The lowest BCUT2D eigenvalue weighted by Gasteiger charge is -2.25. The number of sulfonamides is 1. The highest BCUT2D eigenvalue weighted by atomic mass is 32.2. The molecular formula is C22H22N2O4S. The van der Waals surface area contributed by atoms with Gasteiger partial charge in [0, 0.05) is 11.1 Å². The number of carbonyl (C=O) groups is 1. The average Bonchev–Trinajstić information content (AvgIpc) is 2.91. The molecule has 4 rings (SSSR count). The van der Waals surface area contributed by atoms with Gasteiger partial charge in [-0.1, -0.05) is 24.3 Å². The highest BCUT2D eigenvalue weighted by Gasteiger charge is 2.40. The van der Waals surface area contributed by atoms with Crippen LogP contribution in [0.2, 0.25) is 0 Å². The topological polar surface area (TPSA) is 75.7 Å². The minimum atomic E-state index is -3.80. The molecule has 1 aliphatic heterocycles. The molecule has 0 radical (unpaired) electrons. The normalized spacial score (nSPS) is 15.5. The van der Waals surface area contributed by atoms with E-state index in [-0.39, 0.29) is 11.0 Å². The fourth-order valence-corrected chi connectivity index (χ4v) is 5.45. The first kappa shape index (κ1) is 19.3. The van der Waals surface area contributed by atoms with Gasteiger partial charge in [-0.25, -0.2) is 8.42 Å². The molecule has 0 aliphatic carbocycles. The second-order valence-electron chi connectivity index (χ2n) is 7.29. The van der Waals surface area contributed by atoms with Gasteiger partial charge in [-0.3, -0.25) is 9.10 Å². The lowest BCUT2D eigenvalue weighted by Crippen LogP contribution is -2.43. The third-order valence-corrected chi connectivity index (χ3v) is 6.77. The largest absolute Gasteiger partial charge is 0.491 e. The number of ether oxygens (including phenoxy) is 1. The number of hydrogen-bond acceptors (Lipinski definition) is 4. The number of nitrogens with one attached hydrogen (secondary N) is 1. The Hall–Kier alpha value is -3.06. The summed E-state index contributed by atoms with van der Waals surface area (Å²) >= 11 is 0. The first-order chi connectivity index (χ1) is 13.8. The van der Waals surface area contributed by atoms with Crippen LogP contribution in [-0.2, 0) is 14.8 Å². The van der Waals surface area contributed by atoms with E-state index in [1.165, 1.54) is 4.31 Å². The number of amides is 1. The number of carbonyl (C=O) groups excluding carboxylic acids is 1. The molecule has 0 saturated heterocycles. The van der Waals surface area contributed by atoms with Crippen LogP contribution in [0.4, 0.5) is 11.4 Å². The van der Waals surface area contributed by atoms with Gasteiger partial charge >= 0.3 is 0 Å². The summed E-state index contributed by atoms with van der Waals surface area (Å²) in [6, 6.07) is 16.7. The van der Waals surface area contributed by atoms with Crippen LogP contribution in [0.5, 0.6) is 5.75 Å². The molecule has 1 heterocycles. The summed E-state index contributed by atoms with van der Waals surface area (Å²) in [6.07, 6.45) is 0.0557. The quantitative estimate of drug-likeness (QED) is 0.685. The molecule has 0 unspecified atom stereocenters. The second-order valence-corrected chi connectivity index (χ2v) is 9.07. The fraction of sp³-hybridized carbons (Fsp3) is 0.227. The molecule has 6 nitrogen and oxygen atoms in total. The van der Waals surface area contributed by atoms with Gasteiger partial charge in [0.15, 0.2) is 0 Å². The van der Waals surface area contributed by atoms with E-state index >= 15 is 0 Å². The summed E-state index contributed by atoms with van der Waals surface area (Å²) in [5, 5.41) is 4.29. The van der Waals surface area contributed by atoms with Gasteiger partial charge in [0.05, 0.1) is 16.7 Å². The van der Waals surface area contributed by atoms with Crippen molar-refractivity contribution >= 4 is 38.1 Å². The first-order valence-corrected chi connectivity index (χ1v) is 10.9. The summed E-state index contributed by atoms with van der Waals surface area (Å²) in [4.78, 5) is 13.1. The van der Waals surface area contributed by atoms with Crippen LogP contribution in [0.25, 0.3) is 10.8 Å². The van der Waals surface area contributed by atoms with E-state index in [4.69, 9.17) is 4.74 Å². The molecule has 0 saturated carbocycles. The Morgan fingerprint density at radius 2 is 1.62 bits per heavy atom. The van der Waals surface area contributed by atoms with Crippen LogP contribution >= 0.6 is 0 Å². The van der Waals surface area contributed by atoms with Gasteiger partial charge in [-0.15, -0.1) is 0 Å². The maximum atomic E-state index is 13.1. The minimum Gasteiger partial charge on any atom is -0.491 e. The van der Waals surface area contributed by atoms with E-state index < -0.39 is 22.0 Å². The Kier molecular flexibility index (Phi) is 4.70. The highest BCUT2D eigenvalue weighted by Crippen LogP contribution is 2.43. The molecule has 1 aliphatic rings. The highest BCUT2D eigenvalue weighted by molar-refractivity contribution is 7.93. The molecule has 29 heavy (non-hydrogen) atoms. The lowest BCUT2D eigenvalue weighted by molar-refractivity contribution is -0.116. The number of nitrogens with zero attached hydrogens (tertiary/aromatic N) is 1. The zero-order valence-corrected chi connectivity index (χ0v) is 17.2. The predicted molar refractivity (Wildman–Crippen MR) is 114 cm³/mol. The van der Waals surface area contributed by atoms with Gasteiger partial charge < -0.3 is 10.1 Å². The number of rotatable bonds is 5. The monoisotopic (exact) mass is 410 g/mol. The van der Waals surface area contributed by atoms with Gasteiger partial charge in [0.25, 0.3) is 10.0 Å². The molecular weight excluding hydrogens is 388 g/mol. The van der Waals surface area contributed by atoms with E-state index in [9.17, 15) is 13.2 Å². The molecule has 0 bridgehead atoms. The zero-order valence-electron chi connectivity index (χ0n) is 16.4. The van der Waals surface area contributed by atoms with E-state index in [0.29, 0.717) is 22.5 Å². The van der Waals surface area contributed by atoms with Gasteiger partial charge in [0.2, 0.25) is 5.91 Å². The van der Waals surface area contributed by atoms with E-state index in [2.05, 4.69) is 5.32 Å². The number of benzene rings is 3. The number of hydrogen-bond donors (Lipinski definition) is 1. The standard InChI is InChI=1S/C22H22N2O4S/c1-14(2)28-18-12-10-17(11-13-18)23-22(25)15(3)24-19-8-4-6-16-7-5-9-20(21(16)19)29(24,26)27/h4-15H,1-3H3,(H,23,25)/t15-/m1/s1. The van der Waals surface area contributed by atoms with Crippen molar-refractivity contribution in [1.82, 2.24) is 0 Å². The van der Waals surface area contributed by atoms with Crippen LogP contribution in [-0.4, -0.2) is 26.5 Å². The molecule has 3 aromatic carbocycles. The van der Waals surface area contributed by atoms with Crippen molar-refractivity contribution in [2.75, 3.05) is 9.62 Å². The van der Waals surface area contributed by atoms with Crippen LogP contribution in [0, 0.1) is 0 Å². The van der Waals surface area contributed by atoms with Crippen molar-refractivity contribution in [3.63, 3.8) is 0 Å². The smallest absolute Gasteiger partial charge is 0.265 e. The van der Waals surface area contributed by atoms with Crippen molar-refractivity contribution in [3.8, 4) is 5.75 Å². The minimum absolute atomic E-state index is 0.0557. The Balaban J connectivity index is 1.61. The zero-order chi connectivity index (χ0) is 20.8. The van der Waals surface area contributed by atoms with Crippen molar-refractivity contribution in [3.05, 3.63) is 60.7 Å². The molecule has 3 aromatic rings. The third-order valence-electron chi connectivity index (χ3n) is 4.84. The van der Waals surface area contributed by atoms with Crippen LogP contribution < -0.4 is 14.4 Å². The summed E-state index contributed by atoms with van der Waals surface area (Å²) in [5.41, 5.74) is 1.10. The van der Waals surface area contributed by atoms with Gasteiger partial charge in [-0.05, 0) is 62.6 Å². The Labute approximate surface area is 170 Å². The third kappa shape index (κ3) is 3.31. The molecule has 1 atom stereocenters. The van der Waals surface area contributed by atoms with E-state index in [1.54, 1.807) is 55.5 Å². The summed E-state index contributed by atoms with van der Waals surface area (Å²) in [6.45, 7) is 5.46. The maximum absolute atomic E-state index is 13.1. The fourth-order valence-electron chi connectivity index (χ4n) is 3.58. The SMILES string of the molecule is CC(C)Oc1ccc(NC(=O)[C@@H](C)N2c3cccc4cccc(c34)S2(=O)=O)cc1. The van der Waals surface area contributed by atoms with E-state index in [0.717, 1.165) is 5.39 Å². The summed E-state index contributed by atoms with van der Waals surface area (Å²) in [5.74, 6) is 0.297. The summed E-state index contributed by atoms with van der Waals surface area (Å²) < 4.78 is 33.1. The Bertz CT molecular complexity index is 1180. The van der Waals surface area contributed by atoms with Crippen molar-refractivity contribution in [2.24, 2.45) is 0 Å². The molecule has 1 N–H and O–H groups in total. The predicted octanol–water partition coefficient (Wildman–Crippen LogP) is 4.16. The van der Waals surface area contributed by atoms with Crippen LogP contribution in [0.1, 0.15) is 20.8 Å². The number of anilines is 2. The van der Waals surface area contributed by atoms with Crippen molar-refractivity contribution in [2.45, 2.75) is 37.8 Å². The maximum Gasteiger partial charge on any atom is 0.265 e. The van der Waals surface area contributed by atoms with Crippen molar-refractivity contribution in [1.29, 1.82) is 0 Å². The molecule has 0 spiro atoms. The Morgan fingerprint density at radius 3 is 2.28 bits per heavy atom. The van der Waals surface area contributed by atoms with Gasteiger partial charge in [0.1, 0.15) is 11.8 Å². The molecule has 1 amide bonds. The second kappa shape index (κ2) is 7.08. The van der Waals surface area contributed by atoms with Crippen LogP contribution in [0.15, 0.2) is 65.6 Å². The average molecular weight is 410 g/mol. The molecule has 7 heteroatoms. The Morgan fingerprint density at radius 1 is 0.966 bits per heavy atom. The van der Waals surface area contributed by atoms with E-state index in [1.807, 2.05) is 26.0 Å². The lowest BCUT2D eigenvalue weighted by atomic mass is 10.1. The molecule has 0 fully saturated rings. The van der Waals surface area contributed by atoms with Crippen LogP contribution in [0.3, 0.4) is 0 Å². The molecule has 150 valence electrons. The summed E-state index contributed by atoms with van der Waals surface area (Å²) in [7, 11) is -3.80. The molecule has 0 aromatic heterocycles.